The molecule has 2 unspecified atom stereocenters. The molecule has 2 amide bonds. The second-order valence-corrected chi connectivity index (χ2v) is 11.3. The van der Waals surface area contributed by atoms with E-state index in [1.165, 1.54) is 27.1 Å². The fourth-order valence-corrected chi connectivity index (χ4v) is 5.07. The average molecular weight is 525 g/mol. The number of amides is 2. The van der Waals surface area contributed by atoms with E-state index in [4.69, 9.17) is 9.47 Å². The molecule has 37 heavy (non-hydrogen) atoms. The zero-order chi connectivity index (χ0) is 27.3. The molecule has 0 aliphatic heterocycles. The van der Waals surface area contributed by atoms with Gasteiger partial charge in [0.1, 0.15) is 12.1 Å². The predicted octanol–water partition coefficient (Wildman–Crippen LogP) is 1.95. The zero-order valence-electron chi connectivity index (χ0n) is 23.2. The van der Waals surface area contributed by atoms with Crippen molar-refractivity contribution in [1.82, 2.24) is 21.3 Å². The maximum Gasteiger partial charge on any atom is 0.323 e. The Kier molecular flexibility index (Phi) is 13.3. The first-order chi connectivity index (χ1) is 17.6. The molecule has 0 spiro atoms. The predicted molar refractivity (Wildman–Crippen MR) is 141 cm³/mol. The van der Waals surface area contributed by atoms with E-state index >= 15 is 0 Å². The molecule has 0 heterocycles. The van der Waals surface area contributed by atoms with Crippen LogP contribution in [0.25, 0.3) is 0 Å². The van der Waals surface area contributed by atoms with Crippen molar-refractivity contribution < 1.29 is 28.7 Å². The summed E-state index contributed by atoms with van der Waals surface area (Å²) in [6.45, 7) is 4.52. The summed E-state index contributed by atoms with van der Waals surface area (Å²) in [5.41, 5.74) is -0.430. The van der Waals surface area contributed by atoms with Crippen LogP contribution in [0.2, 0.25) is 0 Å². The van der Waals surface area contributed by atoms with Gasteiger partial charge >= 0.3 is 11.9 Å². The number of esters is 2. The fourth-order valence-electron chi connectivity index (χ4n) is 5.07. The van der Waals surface area contributed by atoms with Crippen LogP contribution in [-0.2, 0) is 28.7 Å². The molecule has 0 aromatic carbocycles. The van der Waals surface area contributed by atoms with Gasteiger partial charge in [-0.2, -0.15) is 0 Å². The number of nitrogens with one attached hydrogen (secondary N) is 4. The van der Waals surface area contributed by atoms with Crippen molar-refractivity contribution in [3.63, 3.8) is 0 Å². The Bertz CT molecular complexity index is 687. The number of rotatable bonds is 14. The number of methoxy groups -OCH3 is 2. The Morgan fingerprint density at radius 3 is 1.35 bits per heavy atom. The first-order valence-corrected chi connectivity index (χ1v) is 13.8. The quantitative estimate of drug-likeness (QED) is 0.253. The molecule has 212 valence electrons. The van der Waals surface area contributed by atoms with Gasteiger partial charge in [0.2, 0.25) is 11.8 Å². The summed E-state index contributed by atoms with van der Waals surface area (Å²) >= 11 is 0. The maximum absolute atomic E-state index is 12.6. The average Bonchev–Trinajstić information content (AvgIpc) is 2.90. The van der Waals surface area contributed by atoms with Gasteiger partial charge in [0.05, 0.1) is 27.1 Å². The SMILES string of the molecule is COC(=O)C(CC(=O)NCC(C)(C)CNC(=O)CC(NC1CCCCC1)C(=O)OC)NC1CCCCC1. The number of carbonyl (C=O) groups excluding carboxylic acids is 4. The largest absolute Gasteiger partial charge is 0.468 e. The van der Waals surface area contributed by atoms with E-state index in [0.29, 0.717) is 13.1 Å². The van der Waals surface area contributed by atoms with Gasteiger partial charge in [0.25, 0.3) is 0 Å². The van der Waals surface area contributed by atoms with Crippen molar-refractivity contribution in [2.45, 2.75) is 115 Å². The van der Waals surface area contributed by atoms with E-state index in [1.807, 2.05) is 13.8 Å². The third-order valence-corrected chi connectivity index (χ3v) is 7.36. The minimum Gasteiger partial charge on any atom is -0.468 e. The number of ether oxygens (including phenoxy) is 2. The molecule has 2 atom stereocenters. The Morgan fingerprint density at radius 1 is 0.676 bits per heavy atom. The van der Waals surface area contributed by atoms with Gasteiger partial charge in [-0.3, -0.25) is 19.2 Å². The molecule has 0 saturated heterocycles. The van der Waals surface area contributed by atoms with Gasteiger partial charge in [-0.05, 0) is 31.1 Å². The Hall–Kier alpha value is -2.20. The lowest BCUT2D eigenvalue weighted by molar-refractivity contribution is -0.145. The zero-order valence-corrected chi connectivity index (χ0v) is 23.2. The third-order valence-electron chi connectivity index (χ3n) is 7.36. The van der Waals surface area contributed by atoms with Crippen LogP contribution in [0.4, 0.5) is 0 Å². The standard InChI is InChI=1S/C27H48N4O6/c1-27(2,17-28-23(32)15-21(25(34)36-3)30-19-11-7-5-8-12-19)18-29-24(33)16-22(26(35)37-4)31-20-13-9-6-10-14-20/h19-22,30-31H,5-18H2,1-4H3,(H,28,32)(H,29,33). The van der Waals surface area contributed by atoms with E-state index in [9.17, 15) is 19.2 Å². The van der Waals surface area contributed by atoms with Crippen molar-refractivity contribution in [3.05, 3.63) is 0 Å². The third kappa shape index (κ3) is 11.8. The molecule has 0 aromatic rings. The van der Waals surface area contributed by atoms with Gasteiger partial charge in [0, 0.05) is 25.2 Å². The molecule has 4 N–H and O–H groups in total. The molecular weight excluding hydrogens is 476 g/mol. The highest BCUT2D eigenvalue weighted by Gasteiger charge is 2.29. The van der Waals surface area contributed by atoms with Gasteiger partial charge in [-0.15, -0.1) is 0 Å². The smallest absolute Gasteiger partial charge is 0.323 e. The van der Waals surface area contributed by atoms with E-state index < -0.39 is 29.4 Å². The van der Waals surface area contributed by atoms with Crippen molar-refractivity contribution in [3.8, 4) is 0 Å². The van der Waals surface area contributed by atoms with E-state index in [0.717, 1.165) is 51.4 Å². The summed E-state index contributed by atoms with van der Waals surface area (Å²) in [5.74, 6) is -1.37. The fraction of sp³-hybridized carbons (Fsp3) is 0.852. The van der Waals surface area contributed by atoms with Crippen molar-refractivity contribution in [2.24, 2.45) is 5.41 Å². The van der Waals surface area contributed by atoms with Gasteiger partial charge < -0.3 is 30.7 Å². The summed E-state index contributed by atoms with van der Waals surface area (Å²) in [4.78, 5) is 49.7. The van der Waals surface area contributed by atoms with Gasteiger partial charge in [-0.25, -0.2) is 0 Å². The van der Waals surface area contributed by atoms with Crippen LogP contribution >= 0.6 is 0 Å². The summed E-state index contributed by atoms with van der Waals surface area (Å²) in [6.07, 6.45) is 10.9. The first kappa shape index (κ1) is 31.0. The molecule has 2 rings (SSSR count). The number of carbonyl (C=O) groups is 4. The minimum absolute atomic E-state index is 0.000736. The van der Waals surface area contributed by atoms with Crippen molar-refractivity contribution >= 4 is 23.8 Å². The molecule has 2 saturated carbocycles. The molecular formula is C27H48N4O6. The lowest BCUT2D eigenvalue weighted by Crippen LogP contribution is -2.49. The topological polar surface area (TPSA) is 135 Å². The van der Waals surface area contributed by atoms with Crippen LogP contribution in [0, 0.1) is 5.41 Å². The summed E-state index contributed by atoms with van der Waals surface area (Å²) < 4.78 is 9.81. The van der Waals surface area contributed by atoms with Crippen molar-refractivity contribution in [1.29, 1.82) is 0 Å². The molecule has 0 radical (unpaired) electrons. The second kappa shape index (κ2) is 15.9. The molecule has 10 heteroatoms. The molecule has 0 bridgehead atoms. The van der Waals surface area contributed by atoms with Crippen LogP contribution in [0.1, 0.15) is 90.9 Å². The van der Waals surface area contributed by atoms with Crippen molar-refractivity contribution in [2.75, 3.05) is 27.3 Å². The second-order valence-electron chi connectivity index (χ2n) is 11.3. The highest BCUT2D eigenvalue weighted by atomic mass is 16.5. The molecule has 2 aliphatic carbocycles. The van der Waals surface area contributed by atoms with Crippen LogP contribution in [-0.4, -0.2) is 75.2 Å². The normalized spacial score (nSPS) is 18.9. The number of hydrogen-bond acceptors (Lipinski definition) is 8. The van der Waals surface area contributed by atoms with Crippen LogP contribution in [0.3, 0.4) is 0 Å². The minimum atomic E-state index is -0.678. The molecule has 2 fully saturated rings. The Labute approximate surface area is 221 Å². The van der Waals surface area contributed by atoms with E-state index in [-0.39, 0.29) is 36.7 Å². The summed E-state index contributed by atoms with van der Waals surface area (Å²) in [5, 5.41) is 12.4. The Morgan fingerprint density at radius 2 is 1.03 bits per heavy atom. The molecule has 10 nitrogen and oxygen atoms in total. The first-order valence-electron chi connectivity index (χ1n) is 13.8. The number of hydrogen-bond donors (Lipinski definition) is 4. The van der Waals surface area contributed by atoms with E-state index in [1.54, 1.807) is 0 Å². The summed E-state index contributed by atoms with van der Waals surface area (Å²) in [7, 11) is 2.66. The Balaban J connectivity index is 1.78. The summed E-state index contributed by atoms with van der Waals surface area (Å²) in [6, 6.07) is -0.914. The van der Waals surface area contributed by atoms with E-state index in [2.05, 4.69) is 21.3 Å². The van der Waals surface area contributed by atoms with Crippen LogP contribution < -0.4 is 21.3 Å². The molecule has 0 aromatic heterocycles. The maximum atomic E-state index is 12.6. The van der Waals surface area contributed by atoms with Gasteiger partial charge in [-0.1, -0.05) is 52.4 Å². The van der Waals surface area contributed by atoms with Gasteiger partial charge in [0.15, 0.2) is 0 Å². The highest BCUT2D eigenvalue weighted by molar-refractivity contribution is 5.86. The van der Waals surface area contributed by atoms with Crippen LogP contribution in [0.5, 0.6) is 0 Å². The highest BCUT2D eigenvalue weighted by Crippen LogP contribution is 2.20. The van der Waals surface area contributed by atoms with Crippen LogP contribution in [0.15, 0.2) is 0 Å². The lowest BCUT2D eigenvalue weighted by atomic mass is 9.92. The monoisotopic (exact) mass is 524 g/mol. The molecule has 2 aliphatic rings. The lowest BCUT2D eigenvalue weighted by Gasteiger charge is -2.29.